The first-order valence-electron chi connectivity index (χ1n) is 8.27. The van der Waals surface area contributed by atoms with E-state index >= 15 is 0 Å². The van der Waals surface area contributed by atoms with Gasteiger partial charge < -0.3 is 25.6 Å². The lowest BCUT2D eigenvalue weighted by molar-refractivity contribution is -0.120. The maximum absolute atomic E-state index is 14.3. The van der Waals surface area contributed by atoms with E-state index in [1.54, 1.807) is 6.07 Å². The molecule has 2 aliphatic heterocycles. The van der Waals surface area contributed by atoms with Crippen LogP contribution in [-0.4, -0.2) is 54.1 Å². The molecule has 2 saturated heterocycles. The van der Waals surface area contributed by atoms with Gasteiger partial charge in [-0.3, -0.25) is 4.79 Å². The number of aliphatic hydroxyl groups is 2. The second-order valence-corrected chi connectivity index (χ2v) is 6.63. The van der Waals surface area contributed by atoms with Crippen LogP contribution >= 0.6 is 0 Å². The van der Waals surface area contributed by atoms with Crippen molar-refractivity contribution in [3.8, 4) is 5.75 Å². The highest BCUT2D eigenvalue weighted by Crippen LogP contribution is 2.30. The monoisotopic (exact) mass is 338 g/mol. The summed E-state index contributed by atoms with van der Waals surface area (Å²) >= 11 is 0. The zero-order chi connectivity index (χ0) is 17.2. The normalized spacial score (nSPS) is 26.2. The molecule has 0 aliphatic carbocycles. The summed E-state index contributed by atoms with van der Waals surface area (Å²) in [6, 6.07) is 4.17. The average Bonchev–Trinajstić information content (AvgIpc) is 2.95. The van der Waals surface area contributed by atoms with Gasteiger partial charge in [-0.15, -0.1) is 0 Å². The summed E-state index contributed by atoms with van der Waals surface area (Å²) in [5, 5.41) is 25.3. The van der Waals surface area contributed by atoms with E-state index in [4.69, 9.17) is 9.84 Å². The molecule has 1 unspecified atom stereocenters. The molecule has 3 rings (SSSR count). The van der Waals surface area contributed by atoms with Crippen LogP contribution in [0.1, 0.15) is 30.7 Å². The predicted molar refractivity (Wildman–Crippen MR) is 85.3 cm³/mol. The molecule has 0 radical (unpaired) electrons. The van der Waals surface area contributed by atoms with E-state index in [9.17, 15) is 14.3 Å². The molecular weight excluding hydrogens is 315 g/mol. The van der Waals surface area contributed by atoms with Crippen molar-refractivity contribution >= 4 is 5.91 Å². The molecule has 0 aromatic heterocycles. The van der Waals surface area contributed by atoms with Gasteiger partial charge in [0.25, 0.3) is 0 Å². The first-order chi connectivity index (χ1) is 11.5. The number of ether oxygens (including phenoxy) is 1. The number of carbonyl (C=O) groups is 1. The molecule has 24 heavy (non-hydrogen) atoms. The standard InChI is InChI=1S/C17H23FN2O4/c18-14-7-11(13-8-12(9-21)20-16(13)22)1-2-15(14)24-10-17(23)3-5-19-6-4-17/h1-2,7,12-13,19,21,23H,3-6,8-10H2,(H,20,22)/t12?,13-/m1/s1. The van der Waals surface area contributed by atoms with Crippen molar-refractivity contribution < 1.29 is 24.1 Å². The van der Waals surface area contributed by atoms with E-state index in [-0.39, 0.29) is 30.9 Å². The number of halogens is 1. The number of carbonyl (C=O) groups excluding carboxylic acids is 1. The zero-order valence-electron chi connectivity index (χ0n) is 13.4. The fraction of sp³-hybridized carbons (Fsp3) is 0.588. The lowest BCUT2D eigenvalue weighted by Gasteiger charge is -2.32. The fourth-order valence-corrected chi connectivity index (χ4v) is 3.26. The van der Waals surface area contributed by atoms with Crippen LogP contribution in [-0.2, 0) is 4.79 Å². The van der Waals surface area contributed by atoms with Gasteiger partial charge in [0.2, 0.25) is 5.91 Å². The third-order valence-corrected chi connectivity index (χ3v) is 4.79. The Morgan fingerprint density at radius 1 is 1.33 bits per heavy atom. The maximum atomic E-state index is 14.3. The number of benzene rings is 1. The molecule has 2 aliphatic rings. The van der Waals surface area contributed by atoms with Crippen molar-refractivity contribution in [1.82, 2.24) is 10.6 Å². The zero-order valence-corrected chi connectivity index (χ0v) is 13.4. The minimum atomic E-state index is -0.934. The molecule has 2 atom stereocenters. The first kappa shape index (κ1) is 17.1. The lowest BCUT2D eigenvalue weighted by Crippen LogP contribution is -2.46. The van der Waals surface area contributed by atoms with E-state index in [0.29, 0.717) is 37.9 Å². The Balaban J connectivity index is 1.65. The molecule has 4 N–H and O–H groups in total. The quantitative estimate of drug-likeness (QED) is 0.619. The largest absolute Gasteiger partial charge is 0.488 e. The molecule has 1 aromatic rings. The predicted octanol–water partition coefficient (Wildman–Crippen LogP) is 0.283. The minimum Gasteiger partial charge on any atom is -0.488 e. The van der Waals surface area contributed by atoms with Gasteiger partial charge in [-0.2, -0.15) is 0 Å². The number of amides is 1. The smallest absolute Gasteiger partial charge is 0.227 e. The molecule has 7 heteroatoms. The van der Waals surface area contributed by atoms with Gasteiger partial charge in [0.05, 0.1) is 18.6 Å². The molecule has 0 bridgehead atoms. The highest BCUT2D eigenvalue weighted by Gasteiger charge is 2.33. The van der Waals surface area contributed by atoms with E-state index in [0.717, 1.165) is 0 Å². The summed E-state index contributed by atoms with van der Waals surface area (Å²) in [5.41, 5.74) is -0.371. The topological polar surface area (TPSA) is 90.8 Å². The van der Waals surface area contributed by atoms with Crippen molar-refractivity contribution in [2.75, 3.05) is 26.3 Å². The van der Waals surface area contributed by atoms with Crippen LogP contribution in [0, 0.1) is 5.82 Å². The van der Waals surface area contributed by atoms with Gasteiger partial charge in [-0.25, -0.2) is 4.39 Å². The van der Waals surface area contributed by atoms with Crippen LogP contribution in [0.4, 0.5) is 4.39 Å². The molecule has 2 heterocycles. The molecule has 6 nitrogen and oxygen atoms in total. The number of rotatable bonds is 5. The Morgan fingerprint density at radius 2 is 2.08 bits per heavy atom. The van der Waals surface area contributed by atoms with E-state index in [2.05, 4.69) is 10.6 Å². The molecule has 1 amide bonds. The van der Waals surface area contributed by atoms with Crippen molar-refractivity contribution in [2.45, 2.75) is 36.8 Å². The third-order valence-electron chi connectivity index (χ3n) is 4.79. The maximum Gasteiger partial charge on any atom is 0.227 e. The summed E-state index contributed by atoms with van der Waals surface area (Å²) in [6.07, 6.45) is 1.58. The van der Waals surface area contributed by atoms with Crippen molar-refractivity contribution in [1.29, 1.82) is 0 Å². The minimum absolute atomic E-state index is 0.0431. The molecule has 1 aromatic carbocycles. The summed E-state index contributed by atoms with van der Waals surface area (Å²) in [4.78, 5) is 11.9. The Labute approximate surface area is 140 Å². The van der Waals surface area contributed by atoms with Crippen molar-refractivity contribution in [3.63, 3.8) is 0 Å². The Hall–Kier alpha value is -1.70. The molecule has 132 valence electrons. The van der Waals surface area contributed by atoms with Gasteiger partial charge in [0.15, 0.2) is 11.6 Å². The van der Waals surface area contributed by atoms with Crippen LogP contribution in [0.25, 0.3) is 0 Å². The molecule has 0 spiro atoms. The van der Waals surface area contributed by atoms with Gasteiger partial charge in [-0.1, -0.05) is 6.07 Å². The third kappa shape index (κ3) is 3.68. The van der Waals surface area contributed by atoms with Crippen LogP contribution in [0.5, 0.6) is 5.75 Å². The number of hydrogen-bond acceptors (Lipinski definition) is 5. The Morgan fingerprint density at radius 3 is 2.71 bits per heavy atom. The van der Waals surface area contributed by atoms with E-state index in [1.807, 2.05) is 0 Å². The van der Waals surface area contributed by atoms with E-state index in [1.165, 1.54) is 12.1 Å². The highest BCUT2D eigenvalue weighted by molar-refractivity contribution is 5.86. The molecule has 0 saturated carbocycles. The summed E-state index contributed by atoms with van der Waals surface area (Å²) in [7, 11) is 0. The average molecular weight is 338 g/mol. The second-order valence-electron chi connectivity index (χ2n) is 6.63. The second kappa shape index (κ2) is 7.04. The van der Waals surface area contributed by atoms with Crippen LogP contribution in [0.15, 0.2) is 18.2 Å². The van der Waals surface area contributed by atoms with Gasteiger partial charge >= 0.3 is 0 Å². The summed E-state index contributed by atoms with van der Waals surface area (Å²) < 4.78 is 19.8. The van der Waals surface area contributed by atoms with Crippen molar-refractivity contribution in [2.24, 2.45) is 0 Å². The van der Waals surface area contributed by atoms with Gasteiger partial charge in [0.1, 0.15) is 12.2 Å². The summed E-state index contributed by atoms with van der Waals surface area (Å²) in [5.74, 6) is -1.14. The van der Waals surface area contributed by atoms with Crippen LogP contribution in [0.2, 0.25) is 0 Å². The SMILES string of the molecule is O=C1NC(CO)C[C@@H]1c1ccc(OCC2(O)CCNCC2)c(F)c1. The Kier molecular flexibility index (Phi) is 5.03. The van der Waals surface area contributed by atoms with Gasteiger partial charge in [0, 0.05) is 0 Å². The molecule has 2 fully saturated rings. The fourth-order valence-electron chi connectivity index (χ4n) is 3.26. The van der Waals surface area contributed by atoms with Crippen molar-refractivity contribution in [3.05, 3.63) is 29.6 Å². The number of aliphatic hydroxyl groups excluding tert-OH is 1. The highest BCUT2D eigenvalue weighted by atomic mass is 19.1. The van der Waals surface area contributed by atoms with Crippen LogP contribution in [0.3, 0.4) is 0 Å². The number of nitrogens with one attached hydrogen (secondary N) is 2. The summed E-state index contributed by atoms with van der Waals surface area (Å²) in [6.45, 7) is 1.34. The first-order valence-corrected chi connectivity index (χ1v) is 8.27. The van der Waals surface area contributed by atoms with E-state index < -0.39 is 17.3 Å². The van der Waals surface area contributed by atoms with Gasteiger partial charge in [-0.05, 0) is 50.0 Å². The number of piperidine rings is 1. The molecular formula is C17H23FN2O4. The Bertz CT molecular complexity index is 604. The number of hydrogen-bond donors (Lipinski definition) is 4. The lowest BCUT2D eigenvalue weighted by atomic mass is 9.93. The van der Waals surface area contributed by atoms with Crippen LogP contribution < -0.4 is 15.4 Å².